The van der Waals surface area contributed by atoms with Crippen LogP contribution in [0.1, 0.15) is 40.0 Å². The molecule has 2 N–H and O–H groups in total. The first-order valence-corrected chi connectivity index (χ1v) is 5.82. The van der Waals surface area contributed by atoms with E-state index >= 15 is 0 Å². The Balaban J connectivity index is 2.50. The van der Waals surface area contributed by atoms with Gasteiger partial charge in [0.05, 0.1) is 11.8 Å². The van der Waals surface area contributed by atoms with Crippen LogP contribution in [0.4, 0.5) is 0 Å². The number of rotatable bonds is 3. The van der Waals surface area contributed by atoms with Gasteiger partial charge in [0.15, 0.2) is 0 Å². The summed E-state index contributed by atoms with van der Waals surface area (Å²) in [5, 5.41) is 11.8. The number of carbonyl (C=O) groups excluding carboxylic acids is 1. The molecule has 92 valence electrons. The number of aliphatic carboxylic acids is 1. The Bertz CT molecular complexity index is 280. The summed E-state index contributed by atoms with van der Waals surface area (Å²) in [6.45, 7) is 6.71. The molecule has 0 saturated heterocycles. The Morgan fingerprint density at radius 1 is 1.25 bits per heavy atom. The second kappa shape index (κ2) is 4.85. The maximum absolute atomic E-state index is 11.8. The van der Waals surface area contributed by atoms with Crippen LogP contribution in [0.2, 0.25) is 0 Å². The van der Waals surface area contributed by atoms with Crippen LogP contribution in [0.5, 0.6) is 0 Å². The standard InChI is InChI=1S/C12H21NO3/c1-12(2,3)7-13-10(14)8-5-4-6-9(8)11(15)16/h8-9H,4-7H2,1-3H3,(H,13,14)(H,15,16). The van der Waals surface area contributed by atoms with Crippen LogP contribution in [0.25, 0.3) is 0 Å². The molecule has 0 spiro atoms. The number of carbonyl (C=O) groups is 2. The third-order valence-corrected chi connectivity index (χ3v) is 2.96. The summed E-state index contributed by atoms with van der Waals surface area (Å²) >= 11 is 0. The van der Waals surface area contributed by atoms with Crippen LogP contribution in [0, 0.1) is 17.3 Å². The predicted octanol–water partition coefficient (Wildman–Crippen LogP) is 1.65. The molecular formula is C12H21NO3. The van der Waals surface area contributed by atoms with Crippen molar-refractivity contribution in [2.24, 2.45) is 17.3 Å². The average Bonchev–Trinajstić information content (AvgIpc) is 2.61. The Kier molecular flexibility index (Phi) is 3.94. The van der Waals surface area contributed by atoms with Gasteiger partial charge in [-0.25, -0.2) is 0 Å². The van der Waals surface area contributed by atoms with Gasteiger partial charge in [0.1, 0.15) is 0 Å². The van der Waals surface area contributed by atoms with E-state index < -0.39 is 11.9 Å². The van der Waals surface area contributed by atoms with E-state index in [4.69, 9.17) is 5.11 Å². The third-order valence-electron chi connectivity index (χ3n) is 2.96. The number of hydrogen-bond donors (Lipinski definition) is 2. The SMILES string of the molecule is CC(C)(C)CNC(=O)C1CCCC1C(=O)O. The molecule has 0 aromatic carbocycles. The highest BCUT2D eigenvalue weighted by atomic mass is 16.4. The molecule has 4 heteroatoms. The van der Waals surface area contributed by atoms with Crippen molar-refractivity contribution in [3.63, 3.8) is 0 Å². The second-order valence-corrected chi connectivity index (χ2v) is 5.76. The topological polar surface area (TPSA) is 66.4 Å². The Labute approximate surface area is 96.4 Å². The van der Waals surface area contributed by atoms with Gasteiger partial charge in [0.25, 0.3) is 0 Å². The summed E-state index contributed by atoms with van der Waals surface area (Å²) in [4.78, 5) is 22.8. The van der Waals surface area contributed by atoms with Crippen molar-refractivity contribution in [1.82, 2.24) is 5.32 Å². The molecule has 2 unspecified atom stereocenters. The minimum atomic E-state index is -0.839. The van der Waals surface area contributed by atoms with Crippen molar-refractivity contribution >= 4 is 11.9 Å². The number of amides is 1. The molecule has 16 heavy (non-hydrogen) atoms. The smallest absolute Gasteiger partial charge is 0.307 e. The number of hydrogen-bond acceptors (Lipinski definition) is 2. The van der Waals surface area contributed by atoms with Crippen molar-refractivity contribution in [2.75, 3.05) is 6.54 Å². The molecule has 1 aliphatic carbocycles. The van der Waals surface area contributed by atoms with Crippen LogP contribution in [0.3, 0.4) is 0 Å². The summed E-state index contributed by atoms with van der Waals surface area (Å²) < 4.78 is 0. The number of carboxylic acids is 1. The highest BCUT2D eigenvalue weighted by Gasteiger charge is 2.37. The zero-order valence-corrected chi connectivity index (χ0v) is 10.2. The molecular weight excluding hydrogens is 206 g/mol. The van der Waals surface area contributed by atoms with Crippen molar-refractivity contribution in [2.45, 2.75) is 40.0 Å². The average molecular weight is 227 g/mol. The lowest BCUT2D eigenvalue weighted by Crippen LogP contribution is -2.39. The van der Waals surface area contributed by atoms with E-state index in [1.54, 1.807) is 0 Å². The lowest BCUT2D eigenvalue weighted by molar-refractivity contribution is -0.146. The first kappa shape index (κ1) is 13.0. The molecule has 1 amide bonds. The van der Waals surface area contributed by atoms with E-state index in [2.05, 4.69) is 5.32 Å². The van der Waals surface area contributed by atoms with Gasteiger partial charge in [0, 0.05) is 6.54 Å². The first-order valence-electron chi connectivity index (χ1n) is 5.82. The quantitative estimate of drug-likeness (QED) is 0.770. The monoisotopic (exact) mass is 227 g/mol. The van der Waals surface area contributed by atoms with E-state index in [0.717, 1.165) is 6.42 Å². The van der Waals surface area contributed by atoms with E-state index in [1.807, 2.05) is 20.8 Å². The highest BCUT2D eigenvalue weighted by Crippen LogP contribution is 2.32. The largest absolute Gasteiger partial charge is 0.481 e. The maximum atomic E-state index is 11.8. The van der Waals surface area contributed by atoms with Crippen LogP contribution < -0.4 is 5.32 Å². The van der Waals surface area contributed by atoms with Crippen LogP contribution in [-0.4, -0.2) is 23.5 Å². The first-order chi connectivity index (χ1) is 7.31. The van der Waals surface area contributed by atoms with Gasteiger partial charge in [0.2, 0.25) is 5.91 Å². The summed E-state index contributed by atoms with van der Waals surface area (Å²) in [6.07, 6.45) is 2.17. The summed E-state index contributed by atoms with van der Waals surface area (Å²) in [5.74, 6) is -1.76. The minimum Gasteiger partial charge on any atom is -0.481 e. The van der Waals surface area contributed by atoms with Crippen molar-refractivity contribution < 1.29 is 14.7 Å². The fourth-order valence-corrected chi connectivity index (χ4v) is 2.05. The van der Waals surface area contributed by atoms with E-state index in [1.165, 1.54) is 0 Å². The molecule has 0 radical (unpaired) electrons. The van der Waals surface area contributed by atoms with Crippen molar-refractivity contribution in [3.05, 3.63) is 0 Å². The fourth-order valence-electron chi connectivity index (χ4n) is 2.05. The zero-order chi connectivity index (χ0) is 12.3. The second-order valence-electron chi connectivity index (χ2n) is 5.76. The van der Waals surface area contributed by atoms with Crippen LogP contribution >= 0.6 is 0 Å². The Hall–Kier alpha value is -1.06. The Morgan fingerprint density at radius 2 is 1.81 bits per heavy atom. The van der Waals surface area contributed by atoms with Gasteiger partial charge >= 0.3 is 5.97 Å². The number of nitrogens with one attached hydrogen (secondary N) is 1. The molecule has 0 heterocycles. The summed E-state index contributed by atoms with van der Waals surface area (Å²) in [7, 11) is 0. The van der Waals surface area contributed by atoms with Gasteiger partial charge in [-0.2, -0.15) is 0 Å². The van der Waals surface area contributed by atoms with E-state index in [-0.39, 0.29) is 17.2 Å². The molecule has 1 aliphatic rings. The number of carboxylic acid groups (broad SMARTS) is 1. The fraction of sp³-hybridized carbons (Fsp3) is 0.833. The van der Waals surface area contributed by atoms with Gasteiger partial charge < -0.3 is 10.4 Å². The van der Waals surface area contributed by atoms with Gasteiger partial charge in [-0.05, 0) is 18.3 Å². The molecule has 0 aromatic heterocycles. The Morgan fingerprint density at radius 3 is 2.31 bits per heavy atom. The third kappa shape index (κ3) is 3.51. The zero-order valence-electron chi connectivity index (χ0n) is 10.2. The van der Waals surface area contributed by atoms with Crippen molar-refractivity contribution in [3.8, 4) is 0 Å². The van der Waals surface area contributed by atoms with Gasteiger partial charge in [-0.15, -0.1) is 0 Å². The van der Waals surface area contributed by atoms with E-state index in [0.29, 0.717) is 19.4 Å². The summed E-state index contributed by atoms with van der Waals surface area (Å²) in [5.41, 5.74) is 0.0347. The lowest BCUT2D eigenvalue weighted by Gasteiger charge is -2.21. The molecule has 0 bridgehead atoms. The maximum Gasteiger partial charge on any atom is 0.307 e. The van der Waals surface area contributed by atoms with Crippen LogP contribution in [0.15, 0.2) is 0 Å². The highest BCUT2D eigenvalue weighted by molar-refractivity contribution is 5.85. The van der Waals surface area contributed by atoms with Gasteiger partial charge in [-0.3, -0.25) is 9.59 Å². The molecule has 1 saturated carbocycles. The molecule has 2 atom stereocenters. The molecule has 0 aliphatic heterocycles. The minimum absolute atomic E-state index is 0.0347. The van der Waals surface area contributed by atoms with Crippen molar-refractivity contribution in [1.29, 1.82) is 0 Å². The van der Waals surface area contributed by atoms with Crippen LogP contribution in [-0.2, 0) is 9.59 Å². The predicted molar refractivity (Wildman–Crippen MR) is 60.9 cm³/mol. The molecule has 1 rings (SSSR count). The van der Waals surface area contributed by atoms with E-state index in [9.17, 15) is 9.59 Å². The molecule has 4 nitrogen and oxygen atoms in total. The summed E-state index contributed by atoms with van der Waals surface area (Å²) in [6, 6.07) is 0. The lowest BCUT2D eigenvalue weighted by atomic mass is 9.93. The van der Waals surface area contributed by atoms with Gasteiger partial charge in [-0.1, -0.05) is 27.2 Å². The molecule has 1 fully saturated rings. The molecule has 0 aromatic rings. The normalized spacial score (nSPS) is 25.4.